The van der Waals surface area contributed by atoms with Crippen LogP contribution in [0.15, 0.2) is 29.3 Å². The molecule has 0 aromatic heterocycles. The molecule has 2 N–H and O–H groups in total. The van der Waals surface area contributed by atoms with Crippen LogP contribution >= 0.6 is 0 Å². The molecule has 0 bridgehead atoms. The van der Waals surface area contributed by atoms with Gasteiger partial charge >= 0.3 is 0 Å². The van der Waals surface area contributed by atoms with Gasteiger partial charge in [-0.1, -0.05) is 24.3 Å². The monoisotopic (exact) mass is 310 g/mol. The van der Waals surface area contributed by atoms with Crippen molar-refractivity contribution in [2.45, 2.75) is 13.0 Å². The Morgan fingerprint density at radius 2 is 2.00 bits per heavy atom. The number of hydrogen-bond donors (Lipinski definition) is 2. The first-order valence-corrected chi connectivity index (χ1v) is 8.86. The molecule has 1 aliphatic heterocycles. The molecule has 0 saturated carbocycles. The summed E-state index contributed by atoms with van der Waals surface area (Å²) in [7, 11) is -1.39. The lowest BCUT2D eigenvalue weighted by molar-refractivity contribution is 0.379. The van der Waals surface area contributed by atoms with E-state index in [1.165, 1.54) is 11.1 Å². The van der Waals surface area contributed by atoms with Crippen molar-refractivity contribution in [1.29, 1.82) is 0 Å². The topological polar surface area (TPSA) is 73.8 Å². The van der Waals surface area contributed by atoms with Crippen molar-refractivity contribution in [3.8, 4) is 0 Å². The molecule has 1 aromatic carbocycles. The molecule has 0 radical (unpaired) electrons. The van der Waals surface area contributed by atoms with Crippen LogP contribution in [0.5, 0.6) is 0 Å². The maximum absolute atomic E-state index is 11.0. The van der Waals surface area contributed by atoms with Crippen LogP contribution in [0.3, 0.4) is 0 Å². The lowest BCUT2D eigenvalue weighted by Gasteiger charge is -2.31. The Balaban J connectivity index is 1.88. The van der Waals surface area contributed by atoms with Gasteiger partial charge in [-0.15, -0.1) is 0 Å². The fraction of sp³-hybridized carbons (Fsp3) is 0.500. The first-order chi connectivity index (χ1) is 9.99. The summed E-state index contributed by atoms with van der Waals surface area (Å²) in [5.74, 6) is 0.805. The molecule has 2 rings (SSSR count). The summed E-state index contributed by atoms with van der Waals surface area (Å²) in [5.41, 5.74) is 2.71. The predicted octanol–water partition coefficient (Wildman–Crippen LogP) is 0.169. The van der Waals surface area contributed by atoms with Gasteiger partial charge in [0.15, 0.2) is 5.96 Å². The smallest absolute Gasteiger partial charge is 0.208 e. The number of hydrogen-bond acceptors (Lipinski definition) is 3. The number of benzene rings is 1. The zero-order valence-corrected chi connectivity index (χ0v) is 13.3. The van der Waals surface area contributed by atoms with Crippen LogP contribution in [0, 0.1) is 0 Å². The van der Waals surface area contributed by atoms with Gasteiger partial charge in [0.25, 0.3) is 0 Å². The zero-order valence-electron chi connectivity index (χ0n) is 12.5. The summed E-state index contributed by atoms with van der Waals surface area (Å²) in [6, 6.07) is 8.42. The van der Waals surface area contributed by atoms with Crippen LogP contribution in [0.4, 0.5) is 0 Å². The number of fused-ring (bicyclic) bond motifs is 1. The van der Waals surface area contributed by atoms with E-state index < -0.39 is 10.0 Å². The van der Waals surface area contributed by atoms with Crippen molar-refractivity contribution in [3.63, 3.8) is 0 Å². The van der Waals surface area contributed by atoms with Crippen LogP contribution in [0.1, 0.15) is 11.1 Å². The summed E-state index contributed by atoms with van der Waals surface area (Å²) in [5, 5.41) is 3.19. The minimum absolute atomic E-state index is 0.349. The Labute approximate surface area is 126 Å². The molecule has 0 amide bonds. The predicted molar refractivity (Wildman–Crippen MR) is 84.8 cm³/mol. The normalized spacial score (nSPS) is 15.7. The van der Waals surface area contributed by atoms with E-state index in [9.17, 15) is 8.42 Å². The molecule has 0 fully saturated rings. The summed E-state index contributed by atoms with van der Waals surface area (Å²) in [4.78, 5) is 6.46. The Morgan fingerprint density at radius 3 is 2.67 bits per heavy atom. The van der Waals surface area contributed by atoms with Gasteiger partial charge in [0.1, 0.15) is 0 Å². The van der Waals surface area contributed by atoms with Gasteiger partial charge in [-0.3, -0.25) is 4.99 Å². The van der Waals surface area contributed by atoms with Crippen LogP contribution in [-0.2, 0) is 23.0 Å². The third-order valence-electron chi connectivity index (χ3n) is 3.41. The number of guanidine groups is 1. The zero-order chi connectivity index (χ0) is 15.3. The van der Waals surface area contributed by atoms with E-state index in [1.807, 2.05) is 0 Å². The van der Waals surface area contributed by atoms with Gasteiger partial charge in [-0.2, -0.15) is 0 Å². The van der Waals surface area contributed by atoms with E-state index in [2.05, 4.69) is 44.2 Å². The number of nitrogens with zero attached hydrogens (tertiary/aromatic N) is 2. The molecule has 0 atom stereocenters. The van der Waals surface area contributed by atoms with Crippen LogP contribution in [-0.4, -0.2) is 52.2 Å². The van der Waals surface area contributed by atoms with E-state index in [1.54, 1.807) is 7.05 Å². The second-order valence-electron chi connectivity index (χ2n) is 5.08. The lowest BCUT2D eigenvalue weighted by Crippen LogP contribution is -2.46. The number of nitrogens with one attached hydrogen (secondary N) is 2. The number of rotatable bonds is 4. The molecular weight excluding hydrogens is 288 g/mol. The van der Waals surface area contributed by atoms with Crippen molar-refractivity contribution < 1.29 is 8.42 Å². The maximum Gasteiger partial charge on any atom is 0.208 e. The minimum Gasteiger partial charge on any atom is -0.355 e. The van der Waals surface area contributed by atoms with E-state index >= 15 is 0 Å². The van der Waals surface area contributed by atoms with Gasteiger partial charge in [0.2, 0.25) is 10.0 Å². The quantitative estimate of drug-likeness (QED) is 0.472. The van der Waals surface area contributed by atoms with Gasteiger partial charge in [-0.25, -0.2) is 13.1 Å². The molecule has 1 heterocycles. The SMILES string of the molecule is CN=C(NCCNS(C)(=O)=O)N1CCc2ccccc2C1. The standard InChI is InChI=1S/C14H22N4O2S/c1-15-14(16-8-9-17-21(2,19)20)18-10-7-12-5-3-4-6-13(12)11-18/h3-6,17H,7-11H2,1-2H3,(H,15,16). The maximum atomic E-state index is 11.0. The van der Waals surface area contributed by atoms with E-state index in [4.69, 9.17) is 0 Å². The Morgan fingerprint density at radius 1 is 1.29 bits per heavy atom. The van der Waals surface area contributed by atoms with E-state index in [-0.39, 0.29) is 0 Å². The number of sulfonamides is 1. The second kappa shape index (κ2) is 6.91. The fourth-order valence-electron chi connectivity index (χ4n) is 2.42. The Hall–Kier alpha value is -1.60. The van der Waals surface area contributed by atoms with Gasteiger partial charge in [-0.05, 0) is 17.5 Å². The highest BCUT2D eigenvalue weighted by molar-refractivity contribution is 7.88. The summed E-state index contributed by atoms with van der Waals surface area (Å²) in [6.45, 7) is 2.60. The Bertz CT molecular complexity index is 613. The first kappa shape index (κ1) is 15.8. The lowest BCUT2D eigenvalue weighted by atomic mass is 10.0. The van der Waals surface area contributed by atoms with Gasteiger partial charge < -0.3 is 10.2 Å². The molecule has 116 valence electrons. The second-order valence-corrected chi connectivity index (χ2v) is 6.91. The summed E-state index contributed by atoms with van der Waals surface area (Å²) < 4.78 is 24.5. The van der Waals surface area contributed by atoms with Crippen molar-refractivity contribution in [2.24, 2.45) is 4.99 Å². The largest absolute Gasteiger partial charge is 0.355 e. The molecule has 0 aliphatic carbocycles. The molecule has 0 unspecified atom stereocenters. The third kappa shape index (κ3) is 4.71. The van der Waals surface area contributed by atoms with Crippen LogP contribution in [0.25, 0.3) is 0 Å². The third-order valence-corrected chi connectivity index (χ3v) is 4.14. The summed E-state index contributed by atoms with van der Waals surface area (Å²) in [6.07, 6.45) is 2.15. The average molecular weight is 310 g/mol. The molecule has 7 heteroatoms. The molecule has 1 aliphatic rings. The molecule has 0 saturated heterocycles. The van der Waals surface area contributed by atoms with Crippen molar-refractivity contribution in [1.82, 2.24) is 14.9 Å². The highest BCUT2D eigenvalue weighted by atomic mass is 32.2. The Kier molecular flexibility index (Phi) is 5.19. The van der Waals surface area contributed by atoms with Crippen molar-refractivity contribution in [2.75, 3.05) is 32.9 Å². The average Bonchev–Trinajstić information content (AvgIpc) is 2.46. The van der Waals surface area contributed by atoms with E-state index in [0.717, 1.165) is 31.7 Å². The van der Waals surface area contributed by atoms with Gasteiger partial charge in [0, 0.05) is 33.2 Å². The molecule has 21 heavy (non-hydrogen) atoms. The number of aliphatic imine (C=N–C) groups is 1. The highest BCUT2D eigenvalue weighted by Crippen LogP contribution is 2.18. The minimum atomic E-state index is -3.14. The first-order valence-electron chi connectivity index (χ1n) is 6.96. The molecule has 0 spiro atoms. The molecular formula is C14H22N4O2S. The van der Waals surface area contributed by atoms with Crippen molar-refractivity contribution >= 4 is 16.0 Å². The van der Waals surface area contributed by atoms with Crippen LogP contribution in [0.2, 0.25) is 0 Å². The van der Waals surface area contributed by atoms with E-state index in [0.29, 0.717) is 13.1 Å². The molecule has 6 nitrogen and oxygen atoms in total. The van der Waals surface area contributed by atoms with Gasteiger partial charge in [0.05, 0.1) is 6.26 Å². The molecule has 1 aromatic rings. The fourth-order valence-corrected chi connectivity index (χ4v) is 2.89. The summed E-state index contributed by atoms with van der Waals surface area (Å²) >= 11 is 0. The highest BCUT2D eigenvalue weighted by Gasteiger charge is 2.18. The van der Waals surface area contributed by atoms with Crippen LogP contribution < -0.4 is 10.0 Å². The van der Waals surface area contributed by atoms with Crippen molar-refractivity contribution in [3.05, 3.63) is 35.4 Å².